The molecule has 136 valence electrons. The van der Waals surface area contributed by atoms with E-state index in [1.54, 1.807) is 0 Å². The second-order valence-corrected chi connectivity index (χ2v) is 7.80. The first-order valence-electron chi connectivity index (χ1n) is 9.49. The van der Waals surface area contributed by atoms with Gasteiger partial charge in [-0.15, -0.1) is 0 Å². The van der Waals surface area contributed by atoms with Crippen LogP contribution >= 0.6 is 0 Å². The Morgan fingerprint density at radius 2 is 1.96 bits per heavy atom. The average Bonchev–Trinajstić information content (AvgIpc) is 3.24. The number of carbonyl (C=O) groups excluding carboxylic acids is 1. The van der Waals surface area contributed by atoms with Gasteiger partial charge < -0.3 is 20.1 Å². The molecule has 0 aliphatic carbocycles. The first kappa shape index (κ1) is 16.9. The Hall–Kier alpha value is -1.59. The number of benzene rings is 1. The number of rotatable bonds is 4. The zero-order valence-electron chi connectivity index (χ0n) is 14.9. The minimum absolute atomic E-state index is 0.0333. The van der Waals surface area contributed by atoms with Gasteiger partial charge in [-0.25, -0.2) is 4.79 Å². The minimum atomic E-state index is -0.0703. The average molecular weight is 344 g/mol. The van der Waals surface area contributed by atoms with Crippen LogP contribution < -0.4 is 10.6 Å². The fourth-order valence-electron chi connectivity index (χ4n) is 4.50. The van der Waals surface area contributed by atoms with Crippen LogP contribution in [0.3, 0.4) is 0 Å². The maximum Gasteiger partial charge on any atom is 0.315 e. The summed E-state index contributed by atoms with van der Waals surface area (Å²) in [7, 11) is 0. The molecule has 2 bridgehead atoms. The number of urea groups is 1. The number of hydrogen-bond donors (Lipinski definition) is 2. The van der Waals surface area contributed by atoms with Crippen molar-refractivity contribution < 1.29 is 14.3 Å². The molecule has 1 aromatic rings. The predicted molar refractivity (Wildman–Crippen MR) is 95.7 cm³/mol. The van der Waals surface area contributed by atoms with Crippen molar-refractivity contribution in [3.05, 3.63) is 35.4 Å². The van der Waals surface area contributed by atoms with E-state index in [4.69, 9.17) is 9.47 Å². The molecule has 1 aromatic carbocycles. The molecule has 3 unspecified atom stereocenters. The van der Waals surface area contributed by atoms with Gasteiger partial charge in [-0.05, 0) is 44.6 Å². The third-order valence-corrected chi connectivity index (χ3v) is 6.12. The van der Waals surface area contributed by atoms with Gasteiger partial charge in [-0.2, -0.15) is 0 Å². The summed E-state index contributed by atoms with van der Waals surface area (Å²) in [5.74, 6) is 0. The Morgan fingerprint density at radius 1 is 1.20 bits per heavy atom. The van der Waals surface area contributed by atoms with Crippen LogP contribution in [-0.2, 0) is 14.9 Å². The predicted octanol–water partition coefficient (Wildman–Crippen LogP) is 2.66. The van der Waals surface area contributed by atoms with E-state index in [2.05, 4.69) is 41.8 Å². The summed E-state index contributed by atoms with van der Waals surface area (Å²) in [6, 6.07) is 8.80. The lowest BCUT2D eigenvalue weighted by atomic mass is 9.74. The monoisotopic (exact) mass is 344 g/mol. The molecule has 25 heavy (non-hydrogen) atoms. The van der Waals surface area contributed by atoms with Crippen LogP contribution in [0.5, 0.6) is 0 Å². The van der Waals surface area contributed by atoms with Crippen LogP contribution in [0.4, 0.5) is 4.79 Å². The zero-order valence-corrected chi connectivity index (χ0v) is 14.9. The van der Waals surface area contributed by atoms with Crippen LogP contribution in [0.1, 0.15) is 43.2 Å². The van der Waals surface area contributed by atoms with Gasteiger partial charge in [0.1, 0.15) is 0 Å². The SMILES string of the molecule is Cc1ccc(C2(CNC(=O)NC3CC4CCC3O4)CCOCC2)cc1. The van der Waals surface area contributed by atoms with Crippen molar-refractivity contribution in [1.29, 1.82) is 0 Å². The lowest BCUT2D eigenvalue weighted by Gasteiger charge is -2.38. The Kier molecular flexibility index (Phi) is 4.69. The molecule has 4 rings (SSSR count). The molecule has 5 heteroatoms. The van der Waals surface area contributed by atoms with Crippen LogP contribution in [0.2, 0.25) is 0 Å². The highest BCUT2D eigenvalue weighted by molar-refractivity contribution is 5.74. The Balaban J connectivity index is 1.39. The number of ether oxygens (including phenoxy) is 2. The molecule has 0 saturated carbocycles. The molecule has 0 aromatic heterocycles. The molecule has 2 amide bonds. The maximum atomic E-state index is 12.4. The Labute approximate surface area is 149 Å². The van der Waals surface area contributed by atoms with Crippen molar-refractivity contribution in [3.63, 3.8) is 0 Å². The number of fused-ring (bicyclic) bond motifs is 2. The molecule has 0 spiro atoms. The van der Waals surface area contributed by atoms with Gasteiger partial charge in [0, 0.05) is 25.2 Å². The first-order valence-corrected chi connectivity index (χ1v) is 9.49. The van der Waals surface area contributed by atoms with Crippen molar-refractivity contribution in [2.45, 2.75) is 62.7 Å². The highest BCUT2D eigenvalue weighted by Crippen LogP contribution is 2.35. The van der Waals surface area contributed by atoms with E-state index in [0.717, 1.165) is 45.3 Å². The smallest absolute Gasteiger partial charge is 0.315 e. The molecule has 3 heterocycles. The summed E-state index contributed by atoms with van der Waals surface area (Å²) in [5.41, 5.74) is 2.52. The molecule has 0 radical (unpaired) electrons. The van der Waals surface area contributed by atoms with Crippen molar-refractivity contribution in [1.82, 2.24) is 10.6 Å². The van der Waals surface area contributed by atoms with Crippen molar-refractivity contribution in [3.8, 4) is 0 Å². The fourth-order valence-corrected chi connectivity index (χ4v) is 4.50. The minimum Gasteiger partial charge on any atom is -0.381 e. The third kappa shape index (κ3) is 3.53. The number of amides is 2. The van der Waals surface area contributed by atoms with Crippen LogP contribution in [0, 0.1) is 6.92 Å². The van der Waals surface area contributed by atoms with E-state index >= 15 is 0 Å². The Bertz CT molecular complexity index is 610. The quantitative estimate of drug-likeness (QED) is 0.883. The van der Waals surface area contributed by atoms with Crippen LogP contribution in [-0.4, -0.2) is 44.0 Å². The van der Waals surface area contributed by atoms with Gasteiger partial charge >= 0.3 is 6.03 Å². The molecule has 3 atom stereocenters. The lowest BCUT2D eigenvalue weighted by molar-refractivity contribution is 0.0506. The summed E-state index contributed by atoms with van der Waals surface area (Å²) in [4.78, 5) is 12.4. The fraction of sp³-hybridized carbons (Fsp3) is 0.650. The van der Waals surface area contributed by atoms with Gasteiger partial charge in [-0.1, -0.05) is 29.8 Å². The van der Waals surface area contributed by atoms with E-state index in [0.29, 0.717) is 12.6 Å². The van der Waals surface area contributed by atoms with Crippen LogP contribution in [0.25, 0.3) is 0 Å². The highest BCUT2D eigenvalue weighted by atomic mass is 16.5. The maximum absolute atomic E-state index is 12.4. The van der Waals surface area contributed by atoms with Crippen LogP contribution in [0.15, 0.2) is 24.3 Å². The van der Waals surface area contributed by atoms with Gasteiger partial charge in [0.05, 0.1) is 18.2 Å². The summed E-state index contributed by atoms with van der Waals surface area (Å²) in [5, 5.41) is 6.25. The normalized spacial score (nSPS) is 30.2. The lowest BCUT2D eigenvalue weighted by Crippen LogP contribution is -2.51. The second-order valence-electron chi connectivity index (χ2n) is 7.80. The number of nitrogens with one attached hydrogen (secondary N) is 2. The van der Waals surface area contributed by atoms with E-state index in [9.17, 15) is 4.79 Å². The van der Waals surface area contributed by atoms with E-state index in [1.807, 2.05) is 0 Å². The highest BCUT2D eigenvalue weighted by Gasteiger charge is 2.41. The third-order valence-electron chi connectivity index (χ3n) is 6.12. The molecular weight excluding hydrogens is 316 g/mol. The summed E-state index contributed by atoms with van der Waals surface area (Å²) in [6.45, 7) is 4.24. The largest absolute Gasteiger partial charge is 0.381 e. The van der Waals surface area contributed by atoms with E-state index < -0.39 is 0 Å². The van der Waals surface area contributed by atoms with Crippen molar-refractivity contribution in [2.24, 2.45) is 0 Å². The van der Waals surface area contributed by atoms with E-state index in [-0.39, 0.29) is 23.6 Å². The summed E-state index contributed by atoms with van der Waals surface area (Å²) >= 11 is 0. The van der Waals surface area contributed by atoms with Gasteiger partial charge in [0.25, 0.3) is 0 Å². The molecule has 5 nitrogen and oxygen atoms in total. The topological polar surface area (TPSA) is 59.6 Å². The molecular formula is C20H28N2O3. The summed E-state index contributed by atoms with van der Waals surface area (Å²) in [6.07, 6.45) is 5.60. The number of carbonyl (C=O) groups is 1. The van der Waals surface area contributed by atoms with Gasteiger partial charge in [-0.3, -0.25) is 0 Å². The number of hydrogen-bond acceptors (Lipinski definition) is 3. The van der Waals surface area contributed by atoms with Crippen molar-refractivity contribution >= 4 is 6.03 Å². The van der Waals surface area contributed by atoms with Gasteiger partial charge in [0.15, 0.2) is 0 Å². The molecule has 3 saturated heterocycles. The molecule has 3 fully saturated rings. The standard InChI is InChI=1S/C20H28N2O3/c1-14-2-4-15(5-3-14)20(8-10-24-11-9-20)13-21-19(23)22-17-12-16-6-7-18(17)25-16/h2-5,16-18H,6-13H2,1H3,(H2,21,22,23). The van der Waals surface area contributed by atoms with Gasteiger partial charge in [0.2, 0.25) is 0 Å². The number of aryl methyl sites for hydroxylation is 1. The Morgan fingerprint density at radius 3 is 2.60 bits per heavy atom. The molecule has 3 aliphatic heterocycles. The van der Waals surface area contributed by atoms with E-state index in [1.165, 1.54) is 11.1 Å². The molecule has 2 N–H and O–H groups in total. The summed E-state index contributed by atoms with van der Waals surface area (Å²) < 4.78 is 11.4. The molecule has 3 aliphatic rings. The van der Waals surface area contributed by atoms with Crippen molar-refractivity contribution in [2.75, 3.05) is 19.8 Å². The first-order chi connectivity index (χ1) is 12.1. The second kappa shape index (κ2) is 6.96. The zero-order chi connectivity index (χ0) is 17.3.